The Morgan fingerprint density at radius 2 is 1.93 bits per heavy atom. The minimum Gasteiger partial charge on any atom is -0.512 e. The fourth-order valence-corrected chi connectivity index (χ4v) is 1.64. The average Bonchev–Trinajstić information content (AvgIpc) is 2.00. The molecule has 0 aliphatic carbocycles. The molecular formula is C10H15NO4. The summed E-state index contributed by atoms with van der Waals surface area (Å²) in [6, 6.07) is 0. The third-order valence-electron chi connectivity index (χ3n) is 2.30. The molecule has 0 saturated heterocycles. The lowest BCUT2D eigenvalue weighted by Crippen LogP contribution is -2.43. The normalized spacial score (nSPS) is 18.3. The Bertz CT molecular complexity index is 338. The molecule has 5 heteroatoms. The highest BCUT2D eigenvalue weighted by Crippen LogP contribution is 2.32. The van der Waals surface area contributed by atoms with Gasteiger partial charge in [0.2, 0.25) is 0 Å². The predicted molar refractivity (Wildman–Crippen MR) is 53.5 cm³/mol. The van der Waals surface area contributed by atoms with Gasteiger partial charge in [-0.05, 0) is 5.41 Å². The van der Waals surface area contributed by atoms with E-state index < -0.39 is 17.4 Å². The average molecular weight is 213 g/mol. The number of rotatable bonds is 0. The second-order valence-corrected chi connectivity index (χ2v) is 4.56. The van der Waals surface area contributed by atoms with Gasteiger partial charge in [0.1, 0.15) is 5.76 Å². The Morgan fingerprint density at radius 1 is 1.40 bits per heavy atom. The van der Waals surface area contributed by atoms with E-state index in [1.807, 2.05) is 0 Å². The first-order valence-electron chi connectivity index (χ1n) is 4.72. The molecule has 0 aromatic rings. The van der Waals surface area contributed by atoms with E-state index in [4.69, 9.17) is 5.11 Å². The molecule has 0 bridgehead atoms. The van der Waals surface area contributed by atoms with Gasteiger partial charge in [0.25, 0.3) is 5.91 Å². The highest BCUT2D eigenvalue weighted by Gasteiger charge is 2.37. The van der Waals surface area contributed by atoms with E-state index in [9.17, 15) is 14.7 Å². The largest absolute Gasteiger partial charge is 0.512 e. The third-order valence-corrected chi connectivity index (χ3v) is 2.30. The number of hydrogen-bond donors (Lipinski definition) is 2. The van der Waals surface area contributed by atoms with Gasteiger partial charge in [0, 0.05) is 13.0 Å². The molecule has 1 aliphatic rings. The molecule has 0 spiro atoms. The van der Waals surface area contributed by atoms with Crippen LogP contribution in [0.1, 0.15) is 27.2 Å². The Morgan fingerprint density at radius 3 is 2.33 bits per heavy atom. The van der Waals surface area contributed by atoms with E-state index >= 15 is 0 Å². The molecule has 0 aromatic carbocycles. The lowest BCUT2D eigenvalue weighted by atomic mass is 9.82. The molecule has 2 amide bonds. The summed E-state index contributed by atoms with van der Waals surface area (Å²) in [4.78, 5) is 23.2. The number of aliphatic hydroxyl groups excluding tert-OH is 1. The van der Waals surface area contributed by atoms with Crippen LogP contribution in [0, 0.1) is 5.41 Å². The summed E-state index contributed by atoms with van der Waals surface area (Å²) in [5.74, 6) is -0.608. The van der Waals surface area contributed by atoms with Crippen molar-refractivity contribution >= 4 is 12.0 Å². The second-order valence-electron chi connectivity index (χ2n) is 4.56. The summed E-state index contributed by atoms with van der Waals surface area (Å²) in [5.41, 5.74) is -0.355. The summed E-state index contributed by atoms with van der Waals surface area (Å²) in [6.07, 6.45) is -1.07. The van der Waals surface area contributed by atoms with Crippen molar-refractivity contribution in [1.82, 2.24) is 4.90 Å². The van der Waals surface area contributed by atoms with E-state index in [2.05, 4.69) is 0 Å². The molecule has 1 aliphatic heterocycles. The van der Waals surface area contributed by atoms with Gasteiger partial charge in [0.15, 0.2) is 0 Å². The summed E-state index contributed by atoms with van der Waals surface area (Å²) < 4.78 is 0. The molecule has 0 unspecified atom stereocenters. The molecule has 84 valence electrons. The first kappa shape index (κ1) is 11.6. The van der Waals surface area contributed by atoms with Crippen LogP contribution >= 0.6 is 0 Å². The topological polar surface area (TPSA) is 77.8 Å². The molecule has 1 heterocycles. The number of carbonyl (C=O) groups is 2. The zero-order chi connectivity index (χ0) is 11.8. The van der Waals surface area contributed by atoms with Gasteiger partial charge >= 0.3 is 6.09 Å². The molecule has 5 nitrogen and oxygen atoms in total. The third kappa shape index (κ3) is 2.11. The maximum Gasteiger partial charge on any atom is 0.414 e. The van der Waals surface area contributed by atoms with Crippen molar-refractivity contribution in [3.05, 3.63) is 11.3 Å². The summed E-state index contributed by atoms with van der Waals surface area (Å²) in [6.45, 7) is 5.32. The number of nitrogens with zero attached hydrogens (tertiary/aromatic N) is 1. The van der Waals surface area contributed by atoms with Crippen LogP contribution in [-0.2, 0) is 4.79 Å². The molecule has 0 fully saturated rings. The molecule has 0 aromatic heterocycles. The van der Waals surface area contributed by atoms with Gasteiger partial charge in [-0.2, -0.15) is 0 Å². The van der Waals surface area contributed by atoms with Gasteiger partial charge in [-0.3, -0.25) is 4.79 Å². The summed E-state index contributed by atoms with van der Waals surface area (Å²) >= 11 is 0. The van der Waals surface area contributed by atoms with Crippen LogP contribution in [-0.4, -0.2) is 33.7 Å². The van der Waals surface area contributed by atoms with Crippen molar-refractivity contribution in [3.8, 4) is 0 Å². The van der Waals surface area contributed by atoms with Crippen molar-refractivity contribution < 1.29 is 19.8 Å². The van der Waals surface area contributed by atoms with Crippen LogP contribution in [0.3, 0.4) is 0 Å². The minimum absolute atomic E-state index is 0.00463. The second kappa shape index (κ2) is 3.56. The SMILES string of the molecule is CC(C)(C)C1=C(O)CCN(C(=O)O)C1=O. The van der Waals surface area contributed by atoms with Crippen molar-refractivity contribution in [2.75, 3.05) is 6.54 Å². The van der Waals surface area contributed by atoms with Gasteiger partial charge in [-0.25, -0.2) is 9.69 Å². The van der Waals surface area contributed by atoms with Gasteiger partial charge < -0.3 is 10.2 Å². The predicted octanol–water partition coefficient (Wildman–Crippen LogP) is 1.75. The fraction of sp³-hybridized carbons (Fsp3) is 0.600. The maximum absolute atomic E-state index is 11.8. The van der Waals surface area contributed by atoms with Crippen LogP contribution < -0.4 is 0 Å². The zero-order valence-corrected chi connectivity index (χ0v) is 9.07. The smallest absolute Gasteiger partial charge is 0.414 e. The van der Waals surface area contributed by atoms with E-state index in [1.165, 1.54) is 0 Å². The van der Waals surface area contributed by atoms with Crippen LogP contribution in [0.25, 0.3) is 0 Å². The van der Waals surface area contributed by atoms with E-state index in [0.717, 1.165) is 4.90 Å². The van der Waals surface area contributed by atoms with Crippen molar-refractivity contribution in [2.24, 2.45) is 5.41 Å². The van der Waals surface area contributed by atoms with Gasteiger partial charge in [-0.15, -0.1) is 0 Å². The van der Waals surface area contributed by atoms with E-state index in [1.54, 1.807) is 20.8 Å². The zero-order valence-electron chi connectivity index (χ0n) is 9.07. The minimum atomic E-state index is -1.27. The highest BCUT2D eigenvalue weighted by atomic mass is 16.4. The first-order valence-corrected chi connectivity index (χ1v) is 4.72. The molecule has 1 rings (SSSR count). The standard InChI is InChI=1S/C10H15NO4/c1-10(2,3)7-6(12)4-5-11(8(7)13)9(14)15/h12H,4-5H2,1-3H3,(H,14,15). The van der Waals surface area contributed by atoms with Crippen LogP contribution in [0.4, 0.5) is 4.79 Å². The Hall–Kier alpha value is -1.52. The maximum atomic E-state index is 11.8. The summed E-state index contributed by atoms with van der Waals surface area (Å²) in [7, 11) is 0. The Labute approximate surface area is 88.0 Å². The van der Waals surface area contributed by atoms with Crippen molar-refractivity contribution in [1.29, 1.82) is 0 Å². The molecule has 0 saturated carbocycles. The number of imide groups is 1. The van der Waals surface area contributed by atoms with E-state index in [0.29, 0.717) is 0 Å². The van der Waals surface area contributed by atoms with Crippen LogP contribution in [0.15, 0.2) is 11.3 Å². The monoisotopic (exact) mass is 213 g/mol. The summed E-state index contributed by atoms with van der Waals surface area (Å²) in [5, 5.41) is 18.4. The Kier molecular flexibility index (Phi) is 2.75. The number of carboxylic acid groups (broad SMARTS) is 1. The molecule has 0 radical (unpaired) electrons. The lowest BCUT2D eigenvalue weighted by molar-refractivity contribution is -0.127. The van der Waals surface area contributed by atoms with Crippen molar-refractivity contribution in [3.63, 3.8) is 0 Å². The highest BCUT2D eigenvalue weighted by molar-refractivity contribution is 6.03. The van der Waals surface area contributed by atoms with Crippen LogP contribution in [0.5, 0.6) is 0 Å². The molecule has 2 N–H and O–H groups in total. The number of carbonyl (C=O) groups excluding carboxylic acids is 1. The first-order chi connectivity index (χ1) is 6.75. The fourth-order valence-electron chi connectivity index (χ4n) is 1.64. The number of hydrogen-bond acceptors (Lipinski definition) is 3. The van der Waals surface area contributed by atoms with Crippen molar-refractivity contribution in [2.45, 2.75) is 27.2 Å². The molecule has 15 heavy (non-hydrogen) atoms. The lowest BCUT2D eigenvalue weighted by Gasteiger charge is -2.31. The van der Waals surface area contributed by atoms with E-state index in [-0.39, 0.29) is 24.3 Å². The van der Waals surface area contributed by atoms with Gasteiger partial charge in [0.05, 0.1) is 5.57 Å². The molecule has 0 atom stereocenters. The Balaban J connectivity index is 3.13. The number of aliphatic hydroxyl groups is 1. The number of amides is 2. The van der Waals surface area contributed by atoms with Gasteiger partial charge in [-0.1, -0.05) is 20.8 Å². The quantitative estimate of drug-likeness (QED) is 0.642. The van der Waals surface area contributed by atoms with Crippen LogP contribution in [0.2, 0.25) is 0 Å². The molecular weight excluding hydrogens is 198 g/mol.